The van der Waals surface area contributed by atoms with E-state index in [1.165, 1.54) is 0 Å². The van der Waals surface area contributed by atoms with E-state index in [9.17, 15) is 34.0 Å². The van der Waals surface area contributed by atoms with E-state index in [1.807, 2.05) is 13.8 Å². The Hall–Kier alpha value is -0.330. The summed E-state index contributed by atoms with van der Waals surface area (Å²) in [6, 6.07) is 0. The molecule has 0 amide bonds. The Kier molecular flexibility index (Phi) is 8.21. The maximum Gasteiger partial charge on any atom is 0.397 e. The fourth-order valence-corrected chi connectivity index (χ4v) is 10.0. The Balaban J connectivity index is 1.48. The van der Waals surface area contributed by atoms with E-state index >= 15 is 0 Å². The molecule has 0 spiro atoms. The van der Waals surface area contributed by atoms with Gasteiger partial charge in [0, 0.05) is 11.8 Å². The summed E-state index contributed by atoms with van der Waals surface area (Å²) >= 11 is 0. The molecule has 4 aliphatic carbocycles. The minimum atomic E-state index is -4.45. The monoisotopic (exact) mass is 548 g/mol. The molecule has 216 valence electrons. The van der Waals surface area contributed by atoms with Crippen molar-refractivity contribution in [2.45, 2.75) is 115 Å². The van der Waals surface area contributed by atoms with Crippen LogP contribution in [0.5, 0.6) is 0 Å². The van der Waals surface area contributed by atoms with Gasteiger partial charge in [0.05, 0.1) is 36.6 Å². The van der Waals surface area contributed by atoms with Gasteiger partial charge in [0.2, 0.25) is 0 Å². The van der Waals surface area contributed by atoms with Gasteiger partial charge in [-0.05, 0) is 79.4 Å². The van der Waals surface area contributed by atoms with Crippen molar-refractivity contribution in [3.63, 3.8) is 0 Å². The second-order valence-corrected chi connectivity index (χ2v) is 14.7. The van der Waals surface area contributed by atoms with Crippen molar-refractivity contribution in [2.24, 2.45) is 46.3 Å². The molecule has 0 aliphatic heterocycles. The van der Waals surface area contributed by atoms with E-state index in [1.54, 1.807) is 0 Å². The van der Waals surface area contributed by atoms with Crippen LogP contribution in [0.15, 0.2) is 0 Å². The lowest BCUT2D eigenvalue weighted by atomic mass is 9.42. The van der Waals surface area contributed by atoms with Crippen LogP contribution < -0.4 is 0 Å². The summed E-state index contributed by atoms with van der Waals surface area (Å²) < 4.78 is 34.9. The van der Waals surface area contributed by atoms with Crippen molar-refractivity contribution in [1.82, 2.24) is 0 Å². The van der Waals surface area contributed by atoms with E-state index in [4.69, 9.17) is 4.55 Å². The summed E-state index contributed by atoms with van der Waals surface area (Å²) in [5, 5.41) is 55.9. The molecule has 4 saturated carbocycles. The zero-order chi connectivity index (χ0) is 27.6. The van der Waals surface area contributed by atoms with E-state index in [0.717, 1.165) is 25.7 Å². The summed E-state index contributed by atoms with van der Waals surface area (Å²) in [5.41, 5.74) is -2.20. The minimum absolute atomic E-state index is 0.0197. The highest BCUT2D eigenvalue weighted by Gasteiger charge is 2.70. The molecule has 37 heavy (non-hydrogen) atoms. The second-order valence-electron chi connectivity index (χ2n) is 13.6. The predicted octanol–water partition coefficient (Wildman–Crippen LogP) is 2.30. The highest BCUT2D eigenvalue weighted by Crippen LogP contribution is 2.69. The summed E-state index contributed by atoms with van der Waals surface area (Å²) in [6.45, 7) is 8.12. The SMILES string of the molecule is CC(CCCC(C)C1C(O)C(O)C2C3CC(O)C4(O)CC(O)CCC4(C)C3CCC12C)COS(=O)(=O)O. The molecule has 13 unspecified atom stereocenters. The number of hydrogen-bond donors (Lipinski definition) is 6. The van der Waals surface area contributed by atoms with Crippen molar-refractivity contribution in [1.29, 1.82) is 0 Å². The van der Waals surface area contributed by atoms with Crippen LogP contribution in [0.3, 0.4) is 0 Å². The van der Waals surface area contributed by atoms with E-state index in [0.29, 0.717) is 25.7 Å². The van der Waals surface area contributed by atoms with Crippen molar-refractivity contribution < 1.29 is 42.7 Å². The molecule has 0 bridgehead atoms. The topological polar surface area (TPSA) is 165 Å². The predicted molar refractivity (Wildman–Crippen MR) is 137 cm³/mol. The molecule has 4 rings (SSSR count). The molecule has 9 nitrogen and oxygen atoms in total. The molecule has 4 aliphatic rings. The molecular weight excluding hydrogens is 500 g/mol. The average Bonchev–Trinajstić information content (AvgIpc) is 2.99. The van der Waals surface area contributed by atoms with Crippen LogP contribution in [0.25, 0.3) is 0 Å². The van der Waals surface area contributed by atoms with Gasteiger partial charge in [-0.2, -0.15) is 8.42 Å². The fourth-order valence-electron chi connectivity index (χ4n) is 9.63. The molecule has 0 aromatic heterocycles. The fraction of sp³-hybridized carbons (Fsp3) is 1.00. The lowest BCUT2D eigenvalue weighted by Crippen LogP contribution is -2.69. The molecule has 10 heteroatoms. The van der Waals surface area contributed by atoms with Gasteiger partial charge in [0.25, 0.3) is 0 Å². The molecule has 4 fully saturated rings. The summed E-state index contributed by atoms with van der Waals surface area (Å²) in [5.74, 6) is -0.142. The van der Waals surface area contributed by atoms with Gasteiger partial charge >= 0.3 is 10.4 Å². The van der Waals surface area contributed by atoms with Crippen LogP contribution in [0.2, 0.25) is 0 Å². The van der Waals surface area contributed by atoms with Crippen LogP contribution in [-0.4, -0.2) is 75.1 Å². The first-order valence-electron chi connectivity index (χ1n) is 14.1. The molecule has 0 saturated heterocycles. The Morgan fingerprint density at radius 3 is 2.32 bits per heavy atom. The van der Waals surface area contributed by atoms with E-state index < -0.39 is 45.8 Å². The summed E-state index contributed by atoms with van der Waals surface area (Å²) in [7, 11) is -4.45. The molecular formula is C27H48O9S. The van der Waals surface area contributed by atoms with Gasteiger partial charge in [-0.15, -0.1) is 0 Å². The lowest BCUT2D eigenvalue weighted by molar-refractivity contribution is -0.268. The second kappa shape index (κ2) is 10.3. The van der Waals surface area contributed by atoms with E-state index in [-0.39, 0.29) is 54.0 Å². The van der Waals surface area contributed by atoms with Crippen LogP contribution >= 0.6 is 0 Å². The van der Waals surface area contributed by atoms with Gasteiger partial charge in [-0.1, -0.05) is 40.5 Å². The Bertz CT molecular complexity index is 929. The maximum atomic E-state index is 11.6. The molecule has 0 aromatic carbocycles. The zero-order valence-electron chi connectivity index (χ0n) is 22.7. The number of rotatable bonds is 8. The Morgan fingerprint density at radius 1 is 1.00 bits per heavy atom. The van der Waals surface area contributed by atoms with Gasteiger partial charge in [-0.3, -0.25) is 4.55 Å². The molecule has 13 atom stereocenters. The average molecular weight is 549 g/mol. The Labute approximate surface area is 221 Å². The number of hydrogen-bond acceptors (Lipinski definition) is 8. The third kappa shape index (κ3) is 5.03. The lowest BCUT2D eigenvalue weighted by Gasteiger charge is -2.65. The third-order valence-electron chi connectivity index (χ3n) is 11.4. The number of aliphatic hydroxyl groups excluding tert-OH is 4. The van der Waals surface area contributed by atoms with Gasteiger partial charge in [-0.25, -0.2) is 4.18 Å². The van der Waals surface area contributed by atoms with Crippen LogP contribution in [0, 0.1) is 46.3 Å². The first-order chi connectivity index (χ1) is 17.0. The minimum Gasteiger partial charge on any atom is -0.393 e. The van der Waals surface area contributed by atoms with Gasteiger partial charge in [0.15, 0.2) is 0 Å². The highest BCUT2D eigenvalue weighted by atomic mass is 32.3. The summed E-state index contributed by atoms with van der Waals surface area (Å²) in [4.78, 5) is 0. The third-order valence-corrected chi connectivity index (χ3v) is 11.9. The van der Waals surface area contributed by atoms with Crippen LogP contribution in [-0.2, 0) is 14.6 Å². The Morgan fingerprint density at radius 2 is 1.68 bits per heavy atom. The molecule has 0 heterocycles. The highest BCUT2D eigenvalue weighted by molar-refractivity contribution is 7.80. The van der Waals surface area contributed by atoms with Crippen molar-refractivity contribution >= 4 is 10.4 Å². The standard InChI is InChI=1S/C27H48O9S/c1-15(14-36-37(33,34)35)6-5-7-16(2)21-23(30)24(31)22-18-12-20(29)27(32)13-17(28)8-11-26(27,4)19(18)9-10-25(21,22)3/h15-24,28-32H,5-14H2,1-4H3,(H,33,34,35). The summed E-state index contributed by atoms with van der Waals surface area (Å²) in [6.07, 6.45) is 2.38. The van der Waals surface area contributed by atoms with Crippen LogP contribution in [0.1, 0.15) is 85.5 Å². The van der Waals surface area contributed by atoms with Crippen molar-refractivity contribution in [3.05, 3.63) is 0 Å². The smallest absolute Gasteiger partial charge is 0.393 e. The molecule has 6 N–H and O–H groups in total. The normalized spacial score (nSPS) is 49.6. The van der Waals surface area contributed by atoms with Gasteiger partial charge < -0.3 is 25.5 Å². The first kappa shape index (κ1) is 29.6. The van der Waals surface area contributed by atoms with Crippen LogP contribution in [0.4, 0.5) is 0 Å². The maximum absolute atomic E-state index is 11.6. The van der Waals surface area contributed by atoms with Gasteiger partial charge in [0.1, 0.15) is 0 Å². The van der Waals surface area contributed by atoms with E-state index in [2.05, 4.69) is 18.0 Å². The zero-order valence-corrected chi connectivity index (χ0v) is 23.5. The quantitative estimate of drug-likeness (QED) is 0.250. The molecule has 0 radical (unpaired) electrons. The molecule has 0 aromatic rings. The first-order valence-corrected chi connectivity index (χ1v) is 15.5. The number of aliphatic hydroxyl groups is 5. The van der Waals surface area contributed by atoms with Crippen molar-refractivity contribution in [3.8, 4) is 0 Å². The van der Waals surface area contributed by atoms with Crippen molar-refractivity contribution in [2.75, 3.05) is 6.61 Å². The number of fused-ring (bicyclic) bond motifs is 5. The largest absolute Gasteiger partial charge is 0.397 e.